The highest BCUT2D eigenvalue weighted by atomic mass is 16.5. The van der Waals surface area contributed by atoms with Crippen molar-refractivity contribution in [2.24, 2.45) is 35.0 Å². The van der Waals surface area contributed by atoms with Crippen LogP contribution >= 0.6 is 0 Å². The number of hydrogen-bond acceptors (Lipinski definition) is 3. The molecular formula is C23H34O3. The van der Waals surface area contributed by atoms with E-state index < -0.39 is 0 Å². The molecule has 3 saturated carbocycles. The summed E-state index contributed by atoms with van der Waals surface area (Å²) in [6.07, 6.45) is 12.2. The van der Waals surface area contributed by atoms with E-state index in [1.807, 2.05) is 6.08 Å². The Hall–Kier alpha value is -1.12. The molecule has 3 nitrogen and oxygen atoms in total. The highest BCUT2D eigenvalue weighted by Crippen LogP contribution is 2.64. The second kappa shape index (κ2) is 6.80. The van der Waals surface area contributed by atoms with Crippen LogP contribution in [0.4, 0.5) is 0 Å². The average molecular weight is 359 g/mol. The first-order valence-corrected chi connectivity index (χ1v) is 10.8. The number of esters is 1. The fourth-order valence-electron chi connectivity index (χ4n) is 7.39. The highest BCUT2D eigenvalue weighted by Gasteiger charge is 2.59. The van der Waals surface area contributed by atoms with E-state index in [1.165, 1.54) is 37.7 Å². The number of fused-ring (bicyclic) bond motifs is 5. The van der Waals surface area contributed by atoms with Crippen molar-refractivity contribution >= 4 is 11.8 Å². The van der Waals surface area contributed by atoms with Crippen LogP contribution in [0.1, 0.15) is 78.6 Å². The molecule has 7 atom stereocenters. The molecular weight excluding hydrogens is 324 g/mol. The minimum Gasteiger partial charge on any atom is -0.462 e. The van der Waals surface area contributed by atoms with Gasteiger partial charge in [-0.15, -0.1) is 0 Å². The van der Waals surface area contributed by atoms with Gasteiger partial charge in [0.1, 0.15) is 6.10 Å². The van der Waals surface area contributed by atoms with Gasteiger partial charge in [0, 0.05) is 18.8 Å². The summed E-state index contributed by atoms with van der Waals surface area (Å²) >= 11 is 0. The summed E-state index contributed by atoms with van der Waals surface area (Å²) in [7, 11) is 0. The molecule has 4 aliphatic rings. The van der Waals surface area contributed by atoms with Gasteiger partial charge < -0.3 is 4.74 Å². The van der Waals surface area contributed by atoms with Crippen LogP contribution in [0.3, 0.4) is 0 Å². The predicted octanol–water partition coefficient (Wildman–Crippen LogP) is 5.09. The van der Waals surface area contributed by atoms with Crippen LogP contribution in [-0.2, 0) is 14.3 Å². The fraction of sp³-hybridized carbons (Fsp3) is 0.826. The molecule has 3 heteroatoms. The number of rotatable bonds is 3. The summed E-state index contributed by atoms with van der Waals surface area (Å²) < 4.78 is 5.78. The maximum absolute atomic E-state index is 12.0. The SMILES string of the molecule is CCCC1CC2=CC(=O)CC[C@@H]2[C@H]2CC[C@]3(C)[C@@H](OC(C)=O)CC[C@H]3[C@H]12. The topological polar surface area (TPSA) is 43.4 Å². The second-order valence-electron chi connectivity index (χ2n) is 9.65. The normalized spacial score (nSPS) is 44.6. The standard InChI is InChI=1S/C23H34O3/c1-4-5-15-12-16-13-17(25)6-7-18(16)19-10-11-23(3)20(22(15)19)8-9-21(23)26-14(2)24/h13,15,18-22H,4-12H2,1-3H3/t15?,18-,19+,20-,21-,22+,23-/m0/s1. The van der Waals surface area contributed by atoms with Gasteiger partial charge in [-0.05, 0) is 74.2 Å². The van der Waals surface area contributed by atoms with Gasteiger partial charge in [0.05, 0.1) is 0 Å². The molecule has 0 radical (unpaired) electrons. The van der Waals surface area contributed by atoms with E-state index in [-0.39, 0.29) is 17.5 Å². The number of allylic oxidation sites excluding steroid dienone is 1. The van der Waals surface area contributed by atoms with Gasteiger partial charge in [-0.3, -0.25) is 9.59 Å². The lowest BCUT2D eigenvalue weighted by molar-refractivity contribution is -0.157. The van der Waals surface area contributed by atoms with Crippen molar-refractivity contribution in [2.45, 2.75) is 84.7 Å². The minimum atomic E-state index is -0.122. The van der Waals surface area contributed by atoms with Gasteiger partial charge in [-0.25, -0.2) is 0 Å². The Bertz CT molecular complexity index is 621. The highest BCUT2D eigenvalue weighted by molar-refractivity contribution is 5.91. The average Bonchev–Trinajstić information content (AvgIpc) is 2.90. The van der Waals surface area contributed by atoms with Gasteiger partial charge in [0.25, 0.3) is 0 Å². The molecule has 4 rings (SSSR count). The molecule has 144 valence electrons. The van der Waals surface area contributed by atoms with Crippen LogP contribution in [0.2, 0.25) is 0 Å². The largest absolute Gasteiger partial charge is 0.462 e. The van der Waals surface area contributed by atoms with Gasteiger partial charge in [-0.1, -0.05) is 32.3 Å². The summed E-state index contributed by atoms with van der Waals surface area (Å²) in [5.41, 5.74) is 1.63. The lowest BCUT2D eigenvalue weighted by Gasteiger charge is -2.56. The van der Waals surface area contributed by atoms with Crippen molar-refractivity contribution in [3.63, 3.8) is 0 Å². The molecule has 0 heterocycles. The van der Waals surface area contributed by atoms with Gasteiger partial charge in [-0.2, -0.15) is 0 Å². The summed E-state index contributed by atoms with van der Waals surface area (Å²) in [5.74, 6) is 3.76. The van der Waals surface area contributed by atoms with Crippen LogP contribution in [0.15, 0.2) is 11.6 Å². The third kappa shape index (κ3) is 2.86. The van der Waals surface area contributed by atoms with E-state index in [9.17, 15) is 9.59 Å². The molecule has 0 spiro atoms. The fourth-order valence-corrected chi connectivity index (χ4v) is 7.39. The van der Waals surface area contributed by atoms with E-state index in [0.717, 1.165) is 37.5 Å². The smallest absolute Gasteiger partial charge is 0.302 e. The molecule has 26 heavy (non-hydrogen) atoms. The van der Waals surface area contributed by atoms with Crippen LogP contribution in [-0.4, -0.2) is 17.9 Å². The number of carbonyl (C=O) groups excluding carboxylic acids is 2. The Morgan fingerprint density at radius 1 is 1.27 bits per heavy atom. The van der Waals surface area contributed by atoms with Crippen molar-refractivity contribution in [2.75, 3.05) is 0 Å². The van der Waals surface area contributed by atoms with Crippen molar-refractivity contribution < 1.29 is 14.3 Å². The first kappa shape index (κ1) is 18.3. The lowest BCUT2D eigenvalue weighted by atomic mass is 9.49. The molecule has 0 aliphatic heterocycles. The molecule has 0 aromatic carbocycles. The van der Waals surface area contributed by atoms with Crippen LogP contribution < -0.4 is 0 Å². The number of carbonyl (C=O) groups is 2. The maximum Gasteiger partial charge on any atom is 0.302 e. The van der Waals surface area contributed by atoms with Crippen molar-refractivity contribution in [3.8, 4) is 0 Å². The van der Waals surface area contributed by atoms with Crippen molar-refractivity contribution in [1.82, 2.24) is 0 Å². The van der Waals surface area contributed by atoms with Crippen LogP contribution in [0.5, 0.6) is 0 Å². The molecule has 1 unspecified atom stereocenters. The Labute approximate surface area is 157 Å². The zero-order valence-electron chi connectivity index (χ0n) is 16.6. The predicted molar refractivity (Wildman–Crippen MR) is 101 cm³/mol. The molecule has 0 bridgehead atoms. The van der Waals surface area contributed by atoms with Gasteiger partial charge in [0.15, 0.2) is 5.78 Å². The van der Waals surface area contributed by atoms with Gasteiger partial charge >= 0.3 is 5.97 Å². The molecule has 0 aromatic heterocycles. The lowest BCUT2D eigenvalue weighted by Crippen LogP contribution is -2.51. The van der Waals surface area contributed by atoms with Crippen LogP contribution in [0, 0.1) is 35.0 Å². The third-order valence-corrected chi connectivity index (χ3v) is 8.35. The Balaban J connectivity index is 1.65. The first-order chi connectivity index (χ1) is 12.4. The summed E-state index contributed by atoms with van der Waals surface area (Å²) in [4.78, 5) is 23.6. The van der Waals surface area contributed by atoms with E-state index in [4.69, 9.17) is 4.74 Å². The maximum atomic E-state index is 12.0. The Kier molecular flexibility index (Phi) is 4.77. The zero-order chi connectivity index (χ0) is 18.5. The van der Waals surface area contributed by atoms with E-state index in [0.29, 0.717) is 23.5 Å². The van der Waals surface area contributed by atoms with E-state index in [1.54, 1.807) is 6.92 Å². The Morgan fingerprint density at radius 3 is 2.81 bits per heavy atom. The van der Waals surface area contributed by atoms with Crippen molar-refractivity contribution in [3.05, 3.63) is 11.6 Å². The molecule has 3 fully saturated rings. The monoisotopic (exact) mass is 358 g/mol. The molecule has 0 saturated heterocycles. The summed E-state index contributed by atoms with van der Waals surface area (Å²) in [6.45, 7) is 6.24. The Morgan fingerprint density at radius 2 is 2.08 bits per heavy atom. The second-order valence-corrected chi connectivity index (χ2v) is 9.65. The van der Waals surface area contributed by atoms with Gasteiger partial charge in [0.2, 0.25) is 0 Å². The van der Waals surface area contributed by atoms with Crippen LogP contribution in [0.25, 0.3) is 0 Å². The van der Waals surface area contributed by atoms with Crippen molar-refractivity contribution in [1.29, 1.82) is 0 Å². The molecule has 0 aromatic rings. The molecule has 4 aliphatic carbocycles. The van der Waals surface area contributed by atoms with E-state index >= 15 is 0 Å². The molecule has 0 amide bonds. The van der Waals surface area contributed by atoms with E-state index in [2.05, 4.69) is 13.8 Å². The summed E-state index contributed by atoms with van der Waals surface area (Å²) in [6, 6.07) is 0. The number of ketones is 1. The quantitative estimate of drug-likeness (QED) is 0.660. The number of hydrogen-bond donors (Lipinski definition) is 0. The third-order valence-electron chi connectivity index (χ3n) is 8.35. The minimum absolute atomic E-state index is 0.109. The molecule has 0 N–H and O–H groups in total. The summed E-state index contributed by atoms with van der Waals surface area (Å²) in [5, 5.41) is 0. The number of ether oxygens (including phenoxy) is 1. The first-order valence-electron chi connectivity index (χ1n) is 10.8. The zero-order valence-corrected chi connectivity index (χ0v) is 16.6.